The van der Waals surface area contributed by atoms with Gasteiger partial charge >= 0.3 is 0 Å². The average molecular weight is 340 g/mol. The van der Waals surface area contributed by atoms with Crippen LogP contribution in [-0.2, 0) is 4.79 Å². The highest BCUT2D eigenvalue weighted by Gasteiger charge is 2.03. The Morgan fingerprint density at radius 1 is 0.800 bits per heavy atom. The summed E-state index contributed by atoms with van der Waals surface area (Å²) in [6.07, 6.45) is 6.21. The second-order valence-corrected chi connectivity index (χ2v) is 5.11. The van der Waals surface area contributed by atoms with Crippen molar-refractivity contribution >= 4 is 17.9 Å². The van der Waals surface area contributed by atoms with E-state index in [1.54, 1.807) is 50.6 Å². The van der Waals surface area contributed by atoms with Crippen molar-refractivity contribution in [1.29, 1.82) is 0 Å². The maximum Gasteiger partial charge on any atom is 0.178 e. The summed E-state index contributed by atoms with van der Waals surface area (Å²) in [5.41, 5.74) is 1.52. The molecule has 0 fully saturated rings. The summed E-state index contributed by atoms with van der Waals surface area (Å²) >= 11 is 0. The number of methoxy groups -OCH3 is 3. The highest BCUT2D eigenvalue weighted by Crippen LogP contribution is 2.28. The Kier molecular flexibility index (Phi) is 6.23. The predicted octanol–water partition coefficient (Wildman–Crippen LogP) is 3.71. The lowest BCUT2D eigenvalue weighted by molar-refractivity contribution is -0.110. The molecule has 0 aromatic heterocycles. The van der Waals surface area contributed by atoms with E-state index in [1.165, 1.54) is 25.3 Å². The molecular formula is C20H20O5. The normalized spacial score (nSPS) is 11.0. The van der Waals surface area contributed by atoms with E-state index in [2.05, 4.69) is 0 Å². The van der Waals surface area contributed by atoms with Crippen LogP contribution in [0.3, 0.4) is 0 Å². The van der Waals surface area contributed by atoms with Gasteiger partial charge in [-0.1, -0.05) is 24.3 Å². The van der Waals surface area contributed by atoms with Crippen molar-refractivity contribution in [1.82, 2.24) is 0 Å². The van der Waals surface area contributed by atoms with E-state index < -0.39 is 0 Å². The molecule has 0 aliphatic carbocycles. The van der Waals surface area contributed by atoms with E-state index in [-0.39, 0.29) is 11.5 Å². The van der Waals surface area contributed by atoms with Crippen molar-refractivity contribution in [2.24, 2.45) is 0 Å². The summed E-state index contributed by atoms with van der Waals surface area (Å²) in [4.78, 5) is 12.0. The second kappa shape index (κ2) is 8.59. The van der Waals surface area contributed by atoms with Crippen LogP contribution >= 0.6 is 0 Å². The third-order valence-electron chi connectivity index (χ3n) is 3.49. The monoisotopic (exact) mass is 340 g/mol. The van der Waals surface area contributed by atoms with Crippen LogP contribution in [0.15, 0.2) is 48.6 Å². The SMILES string of the molecule is COc1ccc(C=CC(=O)C=Cc2ccc(OC)c(OC)c2)cc1O. The maximum absolute atomic E-state index is 12.0. The summed E-state index contributed by atoms with van der Waals surface area (Å²) in [7, 11) is 4.61. The molecule has 2 aromatic rings. The minimum atomic E-state index is -0.176. The van der Waals surface area contributed by atoms with Gasteiger partial charge in [0.1, 0.15) is 0 Å². The van der Waals surface area contributed by atoms with Gasteiger partial charge in [-0.15, -0.1) is 0 Å². The molecule has 25 heavy (non-hydrogen) atoms. The highest BCUT2D eigenvalue weighted by molar-refractivity contribution is 6.04. The molecule has 0 spiro atoms. The molecule has 2 aromatic carbocycles. The van der Waals surface area contributed by atoms with Gasteiger partial charge in [0.05, 0.1) is 21.3 Å². The molecule has 130 valence electrons. The van der Waals surface area contributed by atoms with Crippen molar-refractivity contribution in [2.75, 3.05) is 21.3 Å². The minimum absolute atomic E-state index is 0.0259. The molecule has 0 unspecified atom stereocenters. The van der Waals surface area contributed by atoms with Gasteiger partial charge in [0, 0.05) is 0 Å². The van der Waals surface area contributed by atoms with Crippen LogP contribution < -0.4 is 14.2 Å². The molecule has 0 bridgehead atoms. The molecule has 0 saturated carbocycles. The average Bonchev–Trinajstić information content (AvgIpc) is 2.64. The number of hydrogen-bond donors (Lipinski definition) is 1. The number of rotatable bonds is 7. The number of benzene rings is 2. The van der Waals surface area contributed by atoms with E-state index in [4.69, 9.17) is 14.2 Å². The van der Waals surface area contributed by atoms with Gasteiger partial charge in [0.2, 0.25) is 0 Å². The van der Waals surface area contributed by atoms with Crippen molar-refractivity contribution in [3.8, 4) is 23.0 Å². The van der Waals surface area contributed by atoms with Gasteiger partial charge in [0.25, 0.3) is 0 Å². The first-order valence-electron chi connectivity index (χ1n) is 7.56. The fraction of sp³-hybridized carbons (Fsp3) is 0.150. The van der Waals surface area contributed by atoms with Gasteiger partial charge in [-0.05, 0) is 47.5 Å². The standard InChI is InChI=1S/C20H20O5/c1-23-18-10-6-14(12-17(18)22)4-8-16(21)9-5-15-7-11-19(24-2)20(13-15)25-3/h4-13,22H,1-3H3. The topological polar surface area (TPSA) is 65.0 Å². The van der Waals surface area contributed by atoms with Crippen molar-refractivity contribution < 1.29 is 24.1 Å². The molecule has 5 nitrogen and oxygen atoms in total. The minimum Gasteiger partial charge on any atom is -0.504 e. The summed E-state index contributed by atoms with van der Waals surface area (Å²) < 4.78 is 15.4. The first kappa shape index (κ1) is 18.1. The molecule has 0 radical (unpaired) electrons. The van der Waals surface area contributed by atoms with Crippen LogP contribution in [0.1, 0.15) is 11.1 Å². The molecule has 0 aliphatic heterocycles. The zero-order valence-corrected chi connectivity index (χ0v) is 14.4. The van der Waals surface area contributed by atoms with Crippen molar-refractivity contribution in [3.63, 3.8) is 0 Å². The van der Waals surface area contributed by atoms with E-state index in [1.807, 2.05) is 6.07 Å². The van der Waals surface area contributed by atoms with E-state index >= 15 is 0 Å². The molecule has 1 N–H and O–H groups in total. The second-order valence-electron chi connectivity index (χ2n) is 5.11. The molecule has 0 aliphatic rings. The quantitative estimate of drug-likeness (QED) is 0.778. The molecule has 0 saturated heterocycles. The van der Waals surface area contributed by atoms with Gasteiger partial charge < -0.3 is 19.3 Å². The lowest BCUT2D eigenvalue weighted by atomic mass is 10.1. The zero-order valence-electron chi connectivity index (χ0n) is 14.4. The van der Waals surface area contributed by atoms with Crippen LogP contribution in [0.25, 0.3) is 12.2 Å². The van der Waals surface area contributed by atoms with E-state index in [9.17, 15) is 9.90 Å². The number of carbonyl (C=O) groups excluding carboxylic acids is 1. The molecule has 0 heterocycles. The highest BCUT2D eigenvalue weighted by atomic mass is 16.5. The van der Waals surface area contributed by atoms with Crippen LogP contribution in [0.4, 0.5) is 0 Å². The molecule has 0 amide bonds. The number of aromatic hydroxyl groups is 1. The van der Waals surface area contributed by atoms with Crippen LogP contribution in [0.5, 0.6) is 23.0 Å². The van der Waals surface area contributed by atoms with E-state index in [0.717, 1.165) is 5.56 Å². The Labute approximate surface area is 146 Å². The largest absolute Gasteiger partial charge is 0.504 e. The van der Waals surface area contributed by atoms with Gasteiger partial charge in [0.15, 0.2) is 28.8 Å². The third-order valence-corrected chi connectivity index (χ3v) is 3.49. The number of phenols is 1. The number of allylic oxidation sites excluding steroid dienone is 2. The Morgan fingerprint density at radius 3 is 1.84 bits per heavy atom. The number of ether oxygens (including phenoxy) is 3. The van der Waals surface area contributed by atoms with E-state index in [0.29, 0.717) is 22.8 Å². The molecular weight excluding hydrogens is 320 g/mol. The van der Waals surface area contributed by atoms with Crippen molar-refractivity contribution in [3.05, 3.63) is 59.7 Å². The molecule has 0 atom stereocenters. The lowest BCUT2D eigenvalue weighted by Crippen LogP contribution is -1.91. The molecule has 5 heteroatoms. The predicted molar refractivity (Wildman–Crippen MR) is 97.3 cm³/mol. The smallest absolute Gasteiger partial charge is 0.178 e. The number of ketones is 1. The van der Waals surface area contributed by atoms with Crippen molar-refractivity contribution in [2.45, 2.75) is 0 Å². The zero-order chi connectivity index (χ0) is 18.2. The Hall–Kier alpha value is -3.21. The maximum atomic E-state index is 12.0. The van der Waals surface area contributed by atoms with Crippen LogP contribution in [-0.4, -0.2) is 32.2 Å². The summed E-state index contributed by atoms with van der Waals surface area (Å²) in [5, 5.41) is 9.72. The number of hydrogen-bond acceptors (Lipinski definition) is 5. The Balaban J connectivity index is 2.06. The number of phenolic OH excluding ortho intramolecular Hbond substituents is 1. The lowest BCUT2D eigenvalue weighted by Gasteiger charge is -2.07. The van der Waals surface area contributed by atoms with Crippen LogP contribution in [0, 0.1) is 0 Å². The summed E-state index contributed by atoms with van der Waals surface area (Å²) in [6, 6.07) is 10.3. The first-order chi connectivity index (χ1) is 12.1. The fourth-order valence-electron chi connectivity index (χ4n) is 2.18. The number of carbonyl (C=O) groups is 1. The Morgan fingerprint density at radius 2 is 1.32 bits per heavy atom. The molecule has 2 rings (SSSR count). The van der Waals surface area contributed by atoms with Gasteiger partial charge in [-0.2, -0.15) is 0 Å². The van der Waals surface area contributed by atoms with Crippen LogP contribution in [0.2, 0.25) is 0 Å². The fourth-order valence-corrected chi connectivity index (χ4v) is 2.18. The summed E-state index contributed by atoms with van der Waals surface area (Å²) in [5.74, 6) is 1.46. The third kappa shape index (κ3) is 4.88. The van der Waals surface area contributed by atoms with Gasteiger partial charge in [-0.25, -0.2) is 0 Å². The Bertz CT molecular complexity index is 806. The summed E-state index contributed by atoms with van der Waals surface area (Å²) in [6.45, 7) is 0. The van der Waals surface area contributed by atoms with Gasteiger partial charge in [-0.3, -0.25) is 4.79 Å². The first-order valence-corrected chi connectivity index (χ1v) is 7.56.